The molecule has 1 N–H and O–H groups in total. The van der Waals surface area contributed by atoms with Gasteiger partial charge in [0.05, 0.1) is 60.0 Å². The summed E-state index contributed by atoms with van der Waals surface area (Å²) < 4.78 is 57.6. The molecule has 1 aromatic carbocycles. The van der Waals surface area contributed by atoms with E-state index in [2.05, 4.69) is 5.32 Å². The van der Waals surface area contributed by atoms with Crippen molar-refractivity contribution < 1.29 is 37.0 Å². The number of hydrogen-bond donors (Lipinski definition) is 1. The largest absolute Gasteiger partial charge is 0.453 e. The Kier molecular flexibility index (Phi) is 4.33. The van der Waals surface area contributed by atoms with Crippen LogP contribution in [0.2, 0.25) is 0 Å². The van der Waals surface area contributed by atoms with Gasteiger partial charge < -0.3 is 19.5 Å². The van der Waals surface area contributed by atoms with E-state index < -0.39 is 58.7 Å². The first-order valence-corrected chi connectivity index (χ1v) is 10.2. The zero-order chi connectivity index (χ0) is 23.1. The third-order valence-corrected chi connectivity index (χ3v) is 7.23. The van der Waals surface area contributed by atoms with Crippen LogP contribution in [-0.2, 0) is 25.2 Å². The molecular formula is C21H20F3N3O5. The molecule has 2 amide bonds. The molecule has 0 saturated carbocycles. The lowest BCUT2D eigenvalue weighted by molar-refractivity contribution is -0.144. The fourth-order valence-electron chi connectivity index (χ4n) is 6.11. The highest BCUT2D eigenvalue weighted by molar-refractivity contribution is 6.00. The van der Waals surface area contributed by atoms with Gasteiger partial charge in [0.1, 0.15) is 6.23 Å². The van der Waals surface area contributed by atoms with E-state index in [1.54, 1.807) is 13.0 Å². The number of fused-ring (bicyclic) bond motifs is 2. The number of hydrogen-bond acceptors (Lipinski definition) is 6. The molecule has 4 aliphatic rings. The van der Waals surface area contributed by atoms with E-state index in [4.69, 9.17) is 19.5 Å². The zero-order valence-corrected chi connectivity index (χ0v) is 17.2. The first kappa shape index (κ1) is 21.0. The number of methoxy groups -OCH3 is 1. The molecule has 2 bridgehead atoms. The van der Waals surface area contributed by atoms with Gasteiger partial charge in [-0.05, 0) is 25.1 Å². The molecule has 5 rings (SSSR count). The summed E-state index contributed by atoms with van der Waals surface area (Å²) >= 11 is 0. The number of nitriles is 1. The molecular weight excluding hydrogens is 431 g/mol. The third kappa shape index (κ3) is 2.62. The van der Waals surface area contributed by atoms with Gasteiger partial charge in [-0.15, -0.1) is 0 Å². The van der Waals surface area contributed by atoms with E-state index in [1.807, 2.05) is 0 Å². The van der Waals surface area contributed by atoms with Crippen LogP contribution in [0.5, 0.6) is 0 Å². The number of alkyl halides is 3. The van der Waals surface area contributed by atoms with E-state index >= 15 is 0 Å². The maximum absolute atomic E-state index is 13.5. The number of amides is 2. The van der Waals surface area contributed by atoms with Gasteiger partial charge in [-0.1, -0.05) is 0 Å². The van der Waals surface area contributed by atoms with Gasteiger partial charge in [0.15, 0.2) is 0 Å². The second-order valence-electron chi connectivity index (χ2n) is 8.82. The quantitative estimate of drug-likeness (QED) is 0.742. The minimum atomic E-state index is -4.75. The van der Waals surface area contributed by atoms with Gasteiger partial charge in [-0.3, -0.25) is 9.69 Å². The summed E-state index contributed by atoms with van der Waals surface area (Å²) in [4.78, 5) is 26.7. The van der Waals surface area contributed by atoms with Crippen LogP contribution >= 0.6 is 0 Å². The number of nitrogens with zero attached hydrogens (tertiary/aromatic N) is 2. The van der Waals surface area contributed by atoms with Crippen LogP contribution in [0.4, 0.5) is 23.7 Å². The Hall–Kier alpha value is -2.84. The predicted molar refractivity (Wildman–Crippen MR) is 101 cm³/mol. The summed E-state index contributed by atoms with van der Waals surface area (Å²) in [7, 11) is 1.25. The smallest absolute Gasteiger partial charge is 0.417 e. The Labute approximate surface area is 181 Å². The van der Waals surface area contributed by atoms with Crippen LogP contribution in [0.25, 0.3) is 0 Å². The Bertz CT molecular complexity index is 1060. The monoisotopic (exact) mass is 451 g/mol. The van der Waals surface area contributed by atoms with Crippen molar-refractivity contribution in [2.45, 2.75) is 49.4 Å². The number of nitrogens with one attached hydrogen (secondary N) is 1. The molecule has 0 unspecified atom stereocenters. The molecule has 170 valence electrons. The van der Waals surface area contributed by atoms with Gasteiger partial charge in [0.25, 0.3) is 0 Å². The summed E-state index contributed by atoms with van der Waals surface area (Å²) in [5, 5.41) is 11.9. The minimum absolute atomic E-state index is 0.0123. The molecule has 4 aliphatic heterocycles. The molecule has 4 heterocycles. The SMILES string of the molecule is COC(=O)N[C@@H]1C[C@]2(C)O[C@]13CCO[C@@H]1[C@H]3[C@H]2C(=O)N1c1ccc(C#N)c(C(F)(F)F)c1. The lowest BCUT2D eigenvalue weighted by Crippen LogP contribution is -2.61. The molecule has 0 aliphatic carbocycles. The molecule has 6 atom stereocenters. The van der Waals surface area contributed by atoms with Crippen molar-refractivity contribution >= 4 is 17.7 Å². The number of halogens is 3. The van der Waals surface area contributed by atoms with Crippen LogP contribution < -0.4 is 10.2 Å². The number of anilines is 1. The van der Waals surface area contributed by atoms with Crippen molar-refractivity contribution in [2.75, 3.05) is 18.6 Å². The lowest BCUT2D eigenvalue weighted by atomic mass is 9.64. The van der Waals surface area contributed by atoms with Crippen molar-refractivity contribution in [3.63, 3.8) is 0 Å². The summed E-state index contributed by atoms with van der Waals surface area (Å²) in [5.74, 6) is -1.50. The highest BCUT2D eigenvalue weighted by atomic mass is 19.4. The van der Waals surface area contributed by atoms with Crippen molar-refractivity contribution in [1.82, 2.24) is 5.32 Å². The minimum Gasteiger partial charge on any atom is -0.453 e. The van der Waals surface area contributed by atoms with E-state index in [0.717, 1.165) is 12.1 Å². The molecule has 4 saturated heterocycles. The van der Waals surface area contributed by atoms with Crippen LogP contribution in [0.1, 0.15) is 30.9 Å². The average Bonchev–Trinajstić information content (AvgIpc) is 3.30. The topological polar surface area (TPSA) is 101 Å². The van der Waals surface area contributed by atoms with E-state index in [9.17, 15) is 22.8 Å². The first-order valence-electron chi connectivity index (χ1n) is 10.2. The van der Waals surface area contributed by atoms with Gasteiger partial charge in [-0.25, -0.2) is 4.79 Å². The van der Waals surface area contributed by atoms with Crippen molar-refractivity contribution in [1.29, 1.82) is 5.26 Å². The summed E-state index contributed by atoms with van der Waals surface area (Å²) in [6.45, 7) is 1.99. The molecule has 11 heteroatoms. The fraction of sp³-hybridized carbons (Fsp3) is 0.571. The highest BCUT2D eigenvalue weighted by Crippen LogP contribution is 2.65. The van der Waals surface area contributed by atoms with Gasteiger partial charge >= 0.3 is 12.3 Å². The number of carbonyl (C=O) groups is 2. The second kappa shape index (κ2) is 6.59. The summed E-state index contributed by atoms with van der Waals surface area (Å²) in [5.41, 5.74) is -3.41. The molecule has 32 heavy (non-hydrogen) atoms. The fourth-order valence-corrected chi connectivity index (χ4v) is 6.11. The predicted octanol–water partition coefficient (Wildman–Crippen LogP) is 2.56. The molecule has 0 aromatic heterocycles. The Morgan fingerprint density at radius 2 is 2.16 bits per heavy atom. The van der Waals surface area contributed by atoms with Gasteiger partial charge in [-0.2, -0.15) is 18.4 Å². The second-order valence-corrected chi connectivity index (χ2v) is 8.82. The number of benzene rings is 1. The maximum Gasteiger partial charge on any atom is 0.417 e. The molecule has 8 nitrogen and oxygen atoms in total. The van der Waals surface area contributed by atoms with Crippen LogP contribution in [0.15, 0.2) is 18.2 Å². The number of rotatable bonds is 2. The van der Waals surface area contributed by atoms with Crippen molar-refractivity contribution in [2.24, 2.45) is 11.8 Å². The van der Waals surface area contributed by atoms with Crippen molar-refractivity contribution in [3.8, 4) is 6.07 Å². The average molecular weight is 451 g/mol. The molecule has 1 aromatic rings. The van der Waals surface area contributed by atoms with E-state index in [1.165, 1.54) is 18.1 Å². The summed E-state index contributed by atoms with van der Waals surface area (Å²) in [6, 6.07) is 4.33. The van der Waals surface area contributed by atoms with Crippen LogP contribution in [0, 0.1) is 23.2 Å². The van der Waals surface area contributed by atoms with Crippen molar-refractivity contribution in [3.05, 3.63) is 29.3 Å². The number of alkyl carbamates (subject to hydrolysis) is 1. The standard InChI is InChI=1S/C21H20F3N3O5/c1-19-8-13(26-18(29)30-2)20(32-19)5-6-31-17-15(20)14(19)16(28)27(17)11-4-3-10(9-25)12(7-11)21(22,23)24/h3-4,7,13-15,17H,5-6,8H2,1-2H3,(H,26,29)/t13-,14+,15-,17-,19+,20-/m1/s1. The maximum atomic E-state index is 13.5. The van der Waals surface area contributed by atoms with Gasteiger partial charge in [0, 0.05) is 18.5 Å². The Balaban J connectivity index is 1.57. The molecule has 0 radical (unpaired) electrons. The lowest BCUT2D eigenvalue weighted by Gasteiger charge is -2.45. The third-order valence-electron chi connectivity index (χ3n) is 7.23. The number of carbonyl (C=O) groups excluding carboxylic acids is 2. The Morgan fingerprint density at radius 1 is 1.41 bits per heavy atom. The summed E-state index contributed by atoms with van der Waals surface area (Å²) in [6.07, 6.45) is -5.42. The van der Waals surface area contributed by atoms with E-state index in [-0.39, 0.29) is 18.2 Å². The molecule has 1 spiro atoms. The normalized spacial score (nSPS) is 37.2. The van der Waals surface area contributed by atoms with Gasteiger partial charge in [0.2, 0.25) is 5.91 Å². The zero-order valence-electron chi connectivity index (χ0n) is 17.2. The number of ether oxygens (including phenoxy) is 3. The van der Waals surface area contributed by atoms with Crippen LogP contribution in [0.3, 0.4) is 0 Å². The van der Waals surface area contributed by atoms with Crippen LogP contribution in [-0.4, -0.2) is 49.2 Å². The highest BCUT2D eigenvalue weighted by Gasteiger charge is 2.78. The molecule has 4 fully saturated rings. The van der Waals surface area contributed by atoms with E-state index in [0.29, 0.717) is 12.8 Å². The Morgan fingerprint density at radius 3 is 2.81 bits per heavy atom. The first-order chi connectivity index (χ1) is 15.1.